The fourth-order valence-electron chi connectivity index (χ4n) is 1.57. The van der Waals surface area contributed by atoms with Crippen molar-refractivity contribution in [3.8, 4) is 11.8 Å². The number of methoxy groups -OCH3 is 2. The molecule has 0 bridgehead atoms. The largest absolute Gasteiger partial charge is 0.494 e. The van der Waals surface area contributed by atoms with E-state index in [4.69, 9.17) is 14.7 Å². The van der Waals surface area contributed by atoms with E-state index in [0.717, 1.165) is 0 Å². The number of nitriles is 1. The highest BCUT2D eigenvalue weighted by Gasteiger charge is 2.15. The summed E-state index contributed by atoms with van der Waals surface area (Å²) in [6.45, 7) is 0.864. The second-order valence-corrected chi connectivity index (χ2v) is 4.21. The minimum absolute atomic E-state index is 0.122. The zero-order valence-electron chi connectivity index (χ0n) is 12.7. The number of nitrogens with zero attached hydrogens (tertiary/aromatic N) is 2. The SMILES string of the molecule is COCCN/C=C(/C#N)C(=O)Nc1ccc([N+](=O)[O-])cc1OC. The van der Waals surface area contributed by atoms with Gasteiger partial charge in [-0.15, -0.1) is 0 Å². The molecular weight excluding hydrogens is 304 g/mol. The Morgan fingerprint density at radius 2 is 2.22 bits per heavy atom. The highest BCUT2D eigenvalue weighted by Crippen LogP contribution is 2.29. The number of hydrogen-bond donors (Lipinski definition) is 2. The van der Waals surface area contributed by atoms with Crippen molar-refractivity contribution in [2.75, 3.05) is 32.7 Å². The Bertz CT molecular complexity index is 651. The summed E-state index contributed by atoms with van der Waals surface area (Å²) < 4.78 is 9.84. The van der Waals surface area contributed by atoms with Gasteiger partial charge in [0, 0.05) is 25.9 Å². The van der Waals surface area contributed by atoms with Gasteiger partial charge in [-0.1, -0.05) is 0 Å². The molecule has 23 heavy (non-hydrogen) atoms. The van der Waals surface area contributed by atoms with E-state index in [0.29, 0.717) is 13.2 Å². The maximum atomic E-state index is 12.0. The van der Waals surface area contributed by atoms with Crippen LogP contribution in [0.25, 0.3) is 0 Å². The number of non-ortho nitro benzene ring substituents is 1. The molecule has 0 saturated carbocycles. The monoisotopic (exact) mass is 320 g/mol. The summed E-state index contributed by atoms with van der Waals surface area (Å²) in [7, 11) is 2.85. The lowest BCUT2D eigenvalue weighted by Gasteiger charge is -2.09. The van der Waals surface area contributed by atoms with Crippen LogP contribution in [0.5, 0.6) is 5.75 Å². The maximum absolute atomic E-state index is 12.0. The molecule has 1 amide bonds. The van der Waals surface area contributed by atoms with Crippen molar-refractivity contribution in [1.29, 1.82) is 5.26 Å². The molecule has 0 aliphatic rings. The Labute approximate surface area is 132 Å². The van der Waals surface area contributed by atoms with Crippen LogP contribution in [0.4, 0.5) is 11.4 Å². The lowest BCUT2D eigenvalue weighted by atomic mass is 10.2. The summed E-state index contributed by atoms with van der Waals surface area (Å²) in [5.41, 5.74) is -0.0974. The number of carbonyl (C=O) groups is 1. The number of benzene rings is 1. The molecule has 2 N–H and O–H groups in total. The van der Waals surface area contributed by atoms with Crippen molar-refractivity contribution in [1.82, 2.24) is 5.32 Å². The van der Waals surface area contributed by atoms with Crippen molar-refractivity contribution in [2.24, 2.45) is 0 Å². The van der Waals surface area contributed by atoms with Gasteiger partial charge in [-0.25, -0.2) is 0 Å². The number of amides is 1. The number of nitro benzene ring substituents is 1. The Hall–Kier alpha value is -3.12. The molecule has 9 heteroatoms. The Kier molecular flexibility index (Phi) is 7.03. The molecule has 0 fully saturated rings. The van der Waals surface area contributed by atoms with E-state index in [1.807, 2.05) is 0 Å². The van der Waals surface area contributed by atoms with Gasteiger partial charge in [0.1, 0.15) is 17.4 Å². The third-order valence-corrected chi connectivity index (χ3v) is 2.71. The maximum Gasteiger partial charge on any atom is 0.273 e. The normalized spacial score (nSPS) is 10.6. The van der Waals surface area contributed by atoms with Gasteiger partial charge < -0.3 is 20.1 Å². The molecule has 0 heterocycles. The molecule has 0 aliphatic heterocycles. The van der Waals surface area contributed by atoms with Crippen LogP contribution in [0.1, 0.15) is 0 Å². The Morgan fingerprint density at radius 3 is 2.78 bits per heavy atom. The predicted octanol–water partition coefficient (Wildman–Crippen LogP) is 1.19. The van der Waals surface area contributed by atoms with E-state index in [9.17, 15) is 14.9 Å². The molecule has 1 aromatic carbocycles. The molecule has 9 nitrogen and oxygen atoms in total. The van der Waals surface area contributed by atoms with Crippen LogP contribution < -0.4 is 15.4 Å². The van der Waals surface area contributed by atoms with Crippen molar-refractivity contribution >= 4 is 17.3 Å². The highest BCUT2D eigenvalue weighted by atomic mass is 16.6. The molecule has 0 aliphatic carbocycles. The van der Waals surface area contributed by atoms with Gasteiger partial charge >= 0.3 is 0 Å². The van der Waals surface area contributed by atoms with Crippen molar-refractivity contribution < 1.29 is 19.2 Å². The smallest absolute Gasteiger partial charge is 0.273 e. The van der Waals surface area contributed by atoms with Crippen LogP contribution in [0.15, 0.2) is 30.0 Å². The van der Waals surface area contributed by atoms with Gasteiger partial charge in [0.05, 0.1) is 30.4 Å². The Balaban J connectivity index is 2.87. The molecule has 0 atom stereocenters. The minimum atomic E-state index is -0.662. The minimum Gasteiger partial charge on any atom is -0.494 e. The van der Waals surface area contributed by atoms with E-state index in [1.165, 1.54) is 38.6 Å². The van der Waals surface area contributed by atoms with Crippen LogP contribution in [0.3, 0.4) is 0 Å². The number of ether oxygens (including phenoxy) is 2. The summed E-state index contributed by atoms with van der Waals surface area (Å²) in [6.07, 6.45) is 1.27. The van der Waals surface area contributed by atoms with Crippen LogP contribution in [0, 0.1) is 21.4 Å². The number of anilines is 1. The third-order valence-electron chi connectivity index (χ3n) is 2.71. The molecule has 122 valence electrons. The summed E-state index contributed by atoms with van der Waals surface area (Å²) >= 11 is 0. The van der Waals surface area contributed by atoms with Gasteiger partial charge in [0.15, 0.2) is 0 Å². The fourth-order valence-corrected chi connectivity index (χ4v) is 1.57. The van der Waals surface area contributed by atoms with Gasteiger partial charge in [-0.2, -0.15) is 5.26 Å². The predicted molar refractivity (Wildman–Crippen MR) is 81.9 cm³/mol. The average molecular weight is 320 g/mol. The number of nitrogens with one attached hydrogen (secondary N) is 2. The van der Waals surface area contributed by atoms with E-state index < -0.39 is 10.8 Å². The molecule has 0 unspecified atom stereocenters. The Morgan fingerprint density at radius 1 is 1.48 bits per heavy atom. The zero-order valence-corrected chi connectivity index (χ0v) is 12.7. The molecule has 0 radical (unpaired) electrons. The number of carbonyl (C=O) groups excluding carboxylic acids is 1. The van der Waals surface area contributed by atoms with E-state index >= 15 is 0 Å². The summed E-state index contributed by atoms with van der Waals surface area (Å²) in [4.78, 5) is 22.2. The van der Waals surface area contributed by atoms with Gasteiger partial charge in [0.25, 0.3) is 11.6 Å². The van der Waals surface area contributed by atoms with Crippen LogP contribution in [-0.2, 0) is 9.53 Å². The lowest BCUT2D eigenvalue weighted by Crippen LogP contribution is -2.19. The molecule has 0 saturated heterocycles. The first-order valence-corrected chi connectivity index (χ1v) is 6.49. The lowest BCUT2D eigenvalue weighted by molar-refractivity contribution is -0.384. The first kappa shape index (κ1) is 17.9. The summed E-state index contributed by atoms with van der Waals surface area (Å²) in [6, 6.07) is 5.51. The third kappa shape index (κ3) is 5.29. The quantitative estimate of drug-likeness (QED) is 0.242. The summed E-state index contributed by atoms with van der Waals surface area (Å²) in [5.74, 6) is -0.540. The van der Waals surface area contributed by atoms with Crippen molar-refractivity contribution in [2.45, 2.75) is 0 Å². The number of hydrogen-bond acceptors (Lipinski definition) is 7. The van der Waals surface area contributed by atoms with Crippen LogP contribution >= 0.6 is 0 Å². The molecular formula is C14H16N4O5. The highest BCUT2D eigenvalue weighted by molar-refractivity contribution is 6.07. The zero-order chi connectivity index (χ0) is 17.2. The fraction of sp³-hybridized carbons (Fsp3) is 0.286. The second kappa shape index (κ2) is 9.01. The second-order valence-electron chi connectivity index (χ2n) is 4.21. The standard InChI is InChI=1S/C14H16N4O5/c1-22-6-5-16-9-10(8-15)14(19)17-12-4-3-11(18(20)21)7-13(12)23-2/h3-4,7,9,16H,5-6H2,1-2H3,(H,17,19)/b10-9-. The average Bonchev–Trinajstić information content (AvgIpc) is 2.55. The van der Waals surface area contributed by atoms with Crippen molar-refractivity contribution in [3.05, 3.63) is 40.1 Å². The molecule has 0 spiro atoms. The first-order valence-electron chi connectivity index (χ1n) is 6.49. The molecule has 1 aromatic rings. The van der Waals surface area contributed by atoms with Gasteiger partial charge in [-0.3, -0.25) is 14.9 Å². The summed E-state index contributed by atoms with van der Waals surface area (Å²) in [5, 5.41) is 25.0. The van der Waals surface area contributed by atoms with E-state index in [-0.39, 0.29) is 22.7 Å². The molecule has 0 aromatic heterocycles. The van der Waals surface area contributed by atoms with Crippen LogP contribution in [-0.4, -0.2) is 38.2 Å². The van der Waals surface area contributed by atoms with Crippen LogP contribution in [0.2, 0.25) is 0 Å². The van der Waals surface area contributed by atoms with Gasteiger partial charge in [-0.05, 0) is 6.07 Å². The first-order chi connectivity index (χ1) is 11.0. The number of rotatable bonds is 8. The topological polar surface area (TPSA) is 127 Å². The number of nitro groups is 1. The van der Waals surface area contributed by atoms with E-state index in [2.05, 4.69) is 10.6 Å². The van der Waals surface area contributed by atoms with Crippen molar-refractivity contribution in [3.63, 3.8) is 0 Å². The van der Waals surface area contributed by atoms with Gasteiger partial charge in [0.2, 0.25) is 0 Å². The van der Waals surface area contributed by atoms with E-state index in [1.54, 1.807) is 6.07 Å². The molecule has 1 rings (SSSR count).